The number of hydrogen-bond acceptors (Lipinski definition) is 4. The minimum absolute atomic E-state index is 0.00745. The first-order valence-electron chi connectivity index (χ1n) is 4.30. The monoisotopic (exact) mass is 220 g/mol. The first kappa shape index (κ1) is 13.4. The van der Waals surface area contributed by atoms with Crippen molar-refractivity contribution in [3.63, 3.8) is 0 Å². The number of nitriles is 1. The van der Waals surface area contributed by atoms with E-state index in [1.165, 1.54) is 13.8 Å². The SMILES string of the molecule is CCN(CC(C)(C)O)S(=O)(=O)CC#N. The van der Waals surface area contributed by atoms with Crippen molar-refractivity contribution in [2.45, 2.75) is 26.4 Å². The molecular formula is C8H16N2O3S. The van der Waals surface area contributed by atoms with Gasteiger partial charge in [-0.15, -0.1) is 0 Å². The van der Waals surface area contributed by atoms with Gasteiger partial charge in [0.05, 0.1) is 11.7 Å². The number of hydrogen-bond donors (Lipinski definition) is 1. The van der Waals surface area contributed by atoms with Gasteiger partial charge in [0.1, 0.15) is 0 Å². The molecule has 0 rings (SSSR count). The van der Waals surface area contributed by atoms with Crippen molar-refractivity contribution < 1.29 is 13.5 Å². The molecule has 0 atom stereocenters. The van der Waals surface area contributed by atoms with Gasteiger partial charge in [0.2, 0.25) is 10.0 Å². The molecule has 0 aliphatic heterocycles. The van der Waals surface area contributed by atoms with E-state index in [0.29, 0.717) is 0 Å². The molecule has 1 N–H and O–H groups in total. The normalized spacial score (nSPS) is 12.9. The highest BCUT2D eigenvalue weighted by Gasteiger charge is 2.26. The molecule has 5 nitrogen and oxygen atoms in total. The molecule has 0 saturated carbocycles. The molecular weight excluding hydrogens is 204 g/mol. The fraction of sp³-hybridized carbons (Fsp3) is 0.875. The van der Waals surface area contributed by atoms with E-state index in [4.69, 9.17) is 5.26 Å². The van der Waals surface area contributed by atoms with Crippen molar-refractivity contribution >= 4 is 10.0 Å². The lowest BCUT2D eigenvalue weighted by Gasteiger charge is -2.26. The summed E-state index contributed by atoms with van der Waals surface area (Å²) in [5, 5.41) is 17.8. The summed E-state index contributed by atoms with van der Waals surface area (Å²) < 4.78 is 24.0. The van der Waals surface area contributed by atoms with Crippen LogP contribution in [0.5, 0.6) is 0 Å². The van der Waals surface area contributed by atoms with E-state index in [-0.39, 0.29) is 13.1 Å². The molecule has 0 aromatic rings. The molecule has 0 bridgehead atoms. The second-order valence-corrected chi connectivity index (χ2v) is 5.62. The third-order valence-electron chi connectivity index (χ3n) is 1.56. The lowest BCUT2D eigenvalue weighted by Crippen LogP contribution is -2.42. The lowest BCUT2D eigenvalue weighted by molar-refractivity contribution is 0.0602. The van der Waals surface area contributed by atoms with Gasteiger partial charge in [0, 0.05) is 13.1 Å². The summed E-state index contributed by atoms with van der Waals surface area (Å²) in [6.07, 6.45) is 0. The minimum Gasteiger partial charge on any atom is -0.389 e. The van der Waals surface area contributed by atoms with Crippen LogP contribution in [0.25, 0.3) is 0 Å². The highest BCUT2D eigenvalue weighted by molar-refractivity contribution is 7.89. The van der Waals surface area contributed by atoms with Gasteiger partial charge in [-0.3, -0.25) is 0 Å². The number of likely N-dealkylation sites (N-methyl/N-ethyl adjacent to an activating group) is 1. The Labute approximate surface area is 85.0 Å². The Morgan fingerprint density at radius 3 is 2.29 bits per heavy atom. The maximum atomic E-state index is 11.4. The van der Waals surface area contributed by atoms with Crippen LogP contribution in [0.2, 0.25) is 0 Å². The van der Waals surface area contributed by atoms with Crippen LogP contribution in [-0.2, 0) is 10.0 Å². The number of sulfonamides is 1. The minimum atomic E-state index is -3.54. The standard InChI is InChI=1S/C8H16N2O3S/c1-4-10(7-8(2,3)11)14(12,13)6-5-9/h11H,4,6-7H2,1-3H3. The van der Waals surface area contributed by atoms with Crippen molar-refractivity contribution in [1.82, 2.24) is 4.31 Å². The van der Waals surface area contributed by atoms with Crippen LogP contribution in [0.4, 0.5) is 0 Å². The molecule has 0 amide bonds. The van der Waals surface area contributed by atoms with Crippen molar-refractivity contribution in [1.29, 1.82) is 5.26 Å². The maximum Gasteiger partial charge on any atom is 0.227 e. The molecule has 82 valence electrons. The van der Waals surface area contributed by atoms with Gasteiger partial charge in [-0.05, 0) is 13.8 Å². The molecule has 0 spiro atoms. The van der Waals surface area contributed by atoms with E-state index in [1.807, 2.05) is 0 Å². The fourth-order valence-corrected chi connectivity index (χ4v) is 2.26. The number of aliphatic hydroxyl groups is 1. The zero-order valence-electron chi connectivity index (χ0n) is 8.69. The quantitative estimate of drug-likeness (QED) is 0.703. The van der Waals surface area contributed by atoms with E-state index in [9.17, 15) is 13.5 Å². The molecule has 0 saturated heterocycles. The summed E-state index contributed by atoms with van der Waals surface area (Å²) in [5.74, 6) is -0.545. The Morgan fingerprint density at radius 2 is 2.00 bits per heavy atom. The van der Waals surface area contributed by atoms with Crippen LogP contribution in [-0.4, -0.2) is 42.3 Å². The predicted molar refractivity (Wildman–Crippen MR) is 52.9 cm³/mol. The molecule has 0 radical (unpaired) electrons. The van der Waals surface area contributed by atoms with Gasteiger partial charge in [0.15, 0.2) is 5.75 Å². The van der Waals surface area contributed by atoms with Gasteiger partial charge in [-0.25, -0.2) is 8.42 Å². The van der Waals surface area contributed by atoms with Gasteiger partial charge in [-0.2, -0.15) is 9.57 Å². The second-order valence-electron chi connectivity index (χ2n) is 3.65. The largest absolute Gasteiger partial charge is 0.389 e. The average Bonchev–Trinajstić information content (AvgIpc) is 1.98. The third-order valence-corrected chi connectivity index (χ3v) is 3.22. The van der Waals surface area contributed by atoms with Crippen LogP contribution in [0.15, 0.2) is 0 Å². The van der Waals surface area contributed by atoms with E-state index < -0.39 is 21.4 Å². The van der Waals surface area contributed by atoms with Crippen molar-refractivity contribution in [3.8, 4) is 6.07 Å². The second kappa shape index (κ2) is 4.73. The van der Waals surface area contributed by atoms with E-state index in [1.54, 1.807) is 13.0 Å². The smallest absolute Gasteiger partial charge is 0.227 e. The van der Waals surface area contributed by atoms with Gasteiger partial charge in [0.25, 0.3) is 0 Å². The third kappa shape index (κ3) is 4.56. The van der Waals surface area contributed by atoms with Crippen LogP contribution in [0.3, 0.4) is 0 Å². The summed E-state index contributed by atoms with van der Waals surface area (Å²) in [7, 11) is -3.54. The molecule has 0 aliphatic carbocycles. The molecule has 6 heteroatoms. The summed E-state index contributed by atoms with van der Waals surface area (Å²) in [5.41, 5.74) is -1.08. The van der Waals surface area contributed by atoms with E-state index in [0.717, 1.165) is 4.31 Å². The highest BCUT2D eigenvalue weighted by atomic mass is 32.2. The van der Waals surface area contributed by atoms with Crippen molar-refractivity contribution in [2.24, 2.45) is 0 Å². The van der Waals surface area contributed by atoms with Crippen molar-refractivity contribution in [3.05, 3.63) is 0 Å². The van der Waals surface area contributed by atoms with Crippen LogP contribution < -0.4 is 0 Å². The predicted octanol–water partition coefficient (Wildman–Crippen LogP) is -0.0674. The van der Waals surface area contributed by atoms with Crippen molar-refractivity contribution in [2.75, 3.05) is 18.8 Å². The van der Waals surface area contributed by atoms with Crippen LogP contribution in [0, 0.1) is 11.3 Å². The Hall–Kier alpha value is -0.640. The molecule has 14 heavy (non-hydrogen) atoms. The number of rotatable bonds is 5. The highest BCUT2D eigenvalue weighted by Crippen LogP contribution is 2.09. The zero-order valence-corrected chi connectivity index (χ0v) is 9.50. The fourth-order valence-electron chi connectivity index (χ4n) is 1.01. The summed E-state index contributed by atoms with van der Waals surface area (Å²) in [6.45, 7) is 4.98. The van der Waals surface area contributed by atoms with Crippen LogP contribution in [0.1, 0.15) is 20.8 Å². The lowest BCUT2D eigenvalue weighted by atomic mass is 10.1. The molecule has 0 aliphatic rings. The Morgan fingerprint density at radius 1 is 1.50 bits per heavy atom. The summed E-state index contributed by atoms with van der Waals surface area (Å²) in [6, 6.07) is 1.60. The Balaban J connectivity index is 4.68. The maximum absolute atomic E-state index is 11.4. The Bertz CT molecular complexity index is 310. The first-order valence-corrected chi connectivity index (χ1v) is 5.91. The molecule has 0 aromatic heterocycles. The zero-order chi connectivity index (χ0) is 11.4. The molecule has 0 unspecified atom stereocenters. The first-order chi connectivity index (χ1) is 6.23. The van der Waals surface area contributed by atoms with Gasteiger partial charge >= 0.3 is 0 Å². The summed E-state index contributed by atoms with van der Waals surface area (Å²) in [4.78, 5) is 0. The summed E-state index contributed by atoms with van der Waals surface area (Å²) >= 11 is 0. The van der Waals surface area contributed by atoms with Gasteiger partial charge < -0.3 is 5.11 Å². The topological polar surface area (TPSA) is 81.4 Å². The molecule has 0 aromatic carbocycles. The number of nitrogens with zero attached hydrogens (tertiary/aromatic N) is 2. The van der Waals surface area contributed by atoms with E-state index >= 15 is 0 Å². The molecule has 0 fully saturated rings. The van der Waals surface area contributed by atoms with E-state index in [2.05, 4.69) is 0 Å². The average molecular weight is 220 g/mol. The van der Waals surface area contributed by atoms with Gasteiger partial charge in [-0.1, -0.05) is 6.92 Å². The molecule has 0 heterocycles. The van der Waals surface area contributed by atoms with Crippen LogP contribution >= 0.6 is 0 Å². The Kier molecular flexibility index (Phi) is 4.52.